The molecule has 0 saturated carbocycles. The molecule has 130 valence electrons. The molecule has 0 unspecified atom stereocenters. The monoisotopic (exact) mass is 331 g/mol. The van der Waals surface area contributed by atoms with Crippen LogP contribution >= 0.6 is 0 Å². The SMILES string of the molecule is O=C(O)c1ccc2c(c1)c(CCN1CCNCC1)cn2CCCO. The van der Waals surface area contributed by atoms with Crippen LogP contribution < -0.4 is 5.32 Å². The molecule has 6 heteroatoms. The third kappa shape index (κ3) is 3.77. The van der Waals surface area contributed by atoms with E-state index in [0.29, 0.717) is 12.0 Å². The summed E-state index contributed by atoms with van der Waals surface area (Å²) in [7, 11) is 0. The van der Waals surface area contributed by atoms with Crippen molar-refractivity contribution in [2.24, 2.45) is 0 Å². The Bertz CT molecular complexity index is 705. The summed E-state index contributed by atoms with van der Waals surface area (Å²) in [6.45, 7) is 6.06. The first kappa shape index (κ1) is 17.0. The van der Waals surface area contributed by atoms with Crippen molar-refractivity contribution in [3.63, 3.8) is 0 Å². The topological polar surface area (TPSA) is 77.7 Å². The summed E-state index contributed by atoms with van der Waals surface area (Å²) in [6, 6.07) is 5.31. The number of hydrogen-bond acceptors (Lipinski definition) is 4. The van der Waals surface area contributed by atoms with Crippen LogP contribution in [0.5, 0.6) is 0 Å². The number of aliphatic hydroxyl groups is 1. The third-order valence-electron chi connectivity index (χ3n) is 4.67. The number of aryl methyl sites for hydroxylation is 1. The van der Waals surface area contributed by atoms with Crippen LogP contribution in [0.1, 0.15) is 22.3 Å². The molecule has 0 atom stereocenters. The number of nitrogens with zero attached hydrogens (tertiary/aromatic N) is 2. The number of aliphatic hydroxyl groups excluding tert-OH is 1. The number of hydrogen-bond donors (Lipinski definition) is 3. The Hall–Kier alpha value is -1.89. The Labute approximate surface area is 141 Å². The number of fused-ring (bicyclic) bond motifs is 1. The van der Waals surface area contributed by atoms with Gasteiger partial charge in [-0.05, 0) is 36.6 Å². The minimum Gasteiger partial charge on any atom is -0.478 e. The standard InChI is InChI=1S/C18H25N3O3/c22-11-1-7-21-13-15(4-8-20-9-5-19-6-10-20)16-12-14(18(23)24)2-3-17(16)21/h2-3,12-13,19,22H,1,4-11H2,(H,23,24). The van der Waals surface area contributed by atoms with Crippen molar-refractivity contribution >= 4 is 16.9 Å². The van der Waals surface area contributed by atoms with Gasteiger partial charge in [-0.3, -0.25) is 0 Å². The molecule has 3 N–H and O–H groups in total. The van der Waals surface area contributed by atoms with Gasteiger partial charge in [0.05, 0.1) is 5.56 Å². The number of rotatable bonds is 7. The van der Waals surface area contributed by atoms with Crippen LogP contribution in [0, 0.1) is 0 Å². The number of carboxylic acids is 1. The Morgan fingerprint density at radius 3 is 2.71 bits per heavy atom. The van der Waals surface area contributed by atoms with E-state index >= 15 is 0 Å². The molecule has 0 amide bonds. The van der Waals surface area contributed by atoms with Gasteiger partial charge in [0, 0.05) is 63.0 Å². The second-order valence-corrected chi connectivity index (χ2v) is 6.30. The predicted molar refractivity (Wildman–Crippen MR) is 93.6 cm³/mol. The Morgan fingerprint density at radius 1 is 1.21 bits per heavy atom. The molecule has 0 radical (unpaired) electrons. The minimum atomic E-state index is -0.895. The number of nitrogens with one attached hydrogen (secondary N) is 1. The molecule has 1 aromatic heterocycles. The molecule has 3 rings (SSSR count). The van der Waals surface area contributed by atoms with Gasteiger partial charge in [-0.15, -0.1) is 0 Å². The highest BCUT2D eigenvalue weighted by atomic mass is 16.4. The predicted octanol–water partition coefficient (Wildman–Crippen LogP) is 1.17. The van der Waals surface area contributed by atoms with Crippen molar-refractivity contribution in [1.29, 1.82) is 0 Å². The van der Waals surface area contributed by atoms with Gasteiger partial charge in [0.2, 0.25) is 0 Å². The first-order valence-electron chi connectivity index (χ1n) is 8.58. The number of piperazine rings is 1. The van der Waals surface area contributed by atoms with E-state index in [1.165, 1.54) is 5.56 Å². The molecule has 1 aliphatic rings. The number of benzene rings is 1. The van der Waals surface area contributed by atoms with Gasteiger partial charge in [-0.2, -0.15) is 0 Å². The molecule has 1 fully saturated rings. The largest absolute Gasteiger partial charge is 0.478 e. The van der Waals surface area contributed by atoms with Crippen molar-refractivity contribution in [3.8, 4) is 0 Å². The van der Waals surface area contributed by atoms with Crippen molar-refractivity contribution in [1.82, 2.24) is 14.8 Å². The van der Waals surface area contributed by atoms with Gasteiger partial charge < -0.3 is 25.0 Å². The second-order valence-electron chi connectivity index (χ2n) is 6.30. The van der Waals surface area contributed by atoms with Gasteiger partial charge in [0.25, 0.3) is 0 Å². The van der Waals surface area contributed by atoms with Crippen LogP contribution in [-0.4, -0.2) is 65.0 Å². The lowest BCUT2D eigenvalue weighted by atomic mass is 10.1. The Kier molecular flexibility index (Phi) is 5.50. The maximum absolute atomic E-state index is 11.3. The fourth-order valence-electron chi connectivity index (χ4n) is 3.34. The summed E-state index contributed by atoms with van der Waals surface area (Å²) >= 11 is 0. The molecule has 1 saturated heterocycles. The average Bonchev–Trinajstić information content (AvgIpc) is 2.96. The third-order valence-corrected chi connectivity index (χ3v) is 4.67. The van der Waals surface area contributed by atoms with Crippen molar-refractivity contribution in [3.05, 3.63) is 35.5 Å². The maximum Gasteiger partial charge on any atom is 0.335 e. The van der Waals surface area contributed by atoms with Gasteiger partial charge in [0.15, 0.2) is 0 Å². The van der Waals surface area contributed by atoms with E-state index in [9.17, 15) is 9.90 Å². The molecule has 24 heavy (non-hydrogen) atoms. The quantitative estimate of drug-likeness (QED) is 0.710. The fourth-order valence-corrected chi connectivity index (χ4v) is 3.34. The highest BCUT2D eigenvalue weighted by Gasteiger charge is 2.14. The summed E-state index contributed by atoms with van der Waals surface area (Å²) in [5.41, 5.74) is 2.55. The maximum atomic E-state index is 11.3. The van der Waals surface area contributed by atoms with Gasteiger partial charge in [0.1, 0.15) is 0 Å². The summed E-state index contributed by atoms with van der Waals surface area (Å²) in [5.74, 6) is -0.895. The lowest BCUT2D eigenvalue weighted by molar-refractivity contribution is 0.0697. The molecule has 0 spiro atoms. The highest BCUT2D eigenvalue weighted by molar-refractivity contribution is 5.95. The van der Waals surface area contributed by atoms with Crippen LogP contribution in [0.15, 0.2) is 24.4 Å². The molecule has 2 heterocycles. The normalized spacial score (nSPS) is 15.9. The molecular weight excluding hydrogens is 306 g/mol. The number of aromatic carboxylic acids is 1. The zero-order valence-corrected chi connectivity index (χ0v) is 13.9. The summed E-state index contributed by atoms with van der Waals surface area (Å²) in [5, 5.41) is 22.7. The van der Waals surface area contributed by atoms with Crippen molar-refractivity contribution < 1.29 is 15.0 Å². The highest BCUT2D eigenvalue weighted by Crippen LogP contribution is 2.24. The smallest absolute Gasteiger partial charge is 0.335 e. The summed E-state index contributed by atoms with van der Waals surface area (Å²) in [6.07, 6.45) is 3.72. The van der Waals surface area contributed by atoms with Crippen LogP contribution in [0.2, 0.25) is 0 Å². The van der Waals surface area contributed by atoms with Crippen LogP contribution in [0.4, 0.5) is 0 Å². The first-order valence-corrected chi connectivity index (χ1v) is 8.58. The second kappa shape index (κ2) is 7.79. The lowest BCUT2D eigenvalue weighted by Gasteiger charge is -2.26. The number of carboxylic acid groups (broad SMARTS) is 1. The molecule has 1 aliphatic heterocycles. The van der Waals surface area contributed by atoms with E-state index in [4.69, 9.17) is 5.11 Å². The number of carbonyl (C=O) groups is 1. The van der Waals surface area contributed by atoms with Crippen LogP contribution in [0.25, 0.3) is 10.9 Å². The number of aromatic nitrogens is 1. The van der Waals surface area contributed by atoms with Gasteiger partial charge in [-0.25, -0.2) is 4.79 Å². The van der Waals surface area contributed by atoms with Gasteiger partial charge in [-0.1, -0.05) is 0 Å². The van der Waals surface area contributed by atoms with Crippen LogP contribution in [-0.2, 0) is 13.0 Å². The minimum absolute atomic E-state index is 0.156. The molecule has 2 aromatic rings. The van der Waals surface area contributed by atoms with E-state index in [1.54, 1.807) is 12.1 Å². The van der Waals surface area contributed by atoms with Gasteiger partial charge >= 0.3 is 5.97 Å². The zero-order chi connectivity index (χ0) is 16.9. The molecule has 6 nitrogen and oxygen atoms in total. The van der Waals surface area contributed by atoms with E-state index in [-0.39, 0.29) is 6.61 Å². The molecular formula is C18H25N3O3. The van der Waals surface area contributed by atoms with E-state index in [2.05, 4.69) is 21.0 Å². The van der Waals surface area contributed by atoms with E-state index in [1.807, 2.05) is 6.07 Å². The lowest BCUT2D eigenvalue weighted by Crippen LogP contribution is -2.44. The van der Waals surface area contributed by atoms with E-state index < -0.39 is 5.97 Å². The zero-order valence-electron chi connectivity index (χ0n) is 13.9. The molecule has 0 aliphatic carbocycles. The summed E-state index contributed by atoms with van der Waals surface area (Å²) < 4.78 is 2.13. The van der Waals surface area contributed by atoms with E-state index in [0.717, 1.165) is 56.6 Å². The summed E-state index contributed by atoms with van der Waals surface area (Å²) in [4.78, 5) is 13.7. The first-order chi connectivity index (χ1) is 11.7. The van der Waals surface area contributed by atoms with Crippen molar-refractivity contribution in [2.75, 3.05) is 39.3 Å². The molecule has 0 bridgehead atoms. The average molecular weight is 331 g/mol. The van der Waals surface area contributed by atoms with Crippen molar-refractivity contribution in [2.45, 2.75) is 19.4 Å². The Morgan fingerprint density at radius 2 is 2.00 bits per heavy atom. The Balaban J connectivity index is 1.85. The fraction of sp³-hybridized carbons (Fsp3) is 0.500. The molecule has 1 aromatic carbocycles. The van der Waals surface area contributed by atoms with Crippen LogP contribution in [0.3, 0.4) is 0 Å².